The quantitative estimate of drug-likeness (QED) is 0.496. The van der Waals surface area contributed by atoms with Gasteiger partial charge in [-0.05, 0) is 13.0 Å². The van der Waals surface area contributed by atoms with Crippen molar-refractivity contribution < 1.29 is 38.3 Å². The first-order chi connectivity index (χ1) is 8.00. The van der Waals surface area contributed by atoms with Crippen LogP contribution in [0.5, 0.6) is 0 Å². The van der Waals surface area contributed by atoms with Gasteiger partial charge in [0.15, 0.2) is 4.98 Å². The third kappa shape index (κ3) is 3.53. The van der Waals surface area contributed by atoms with Crippen molar-refractivity contribution in [3.63, 3.8) is 0 Å². The van der Waals surface area contributed by atoms with Gasteiger partial charge in [-0.1, -0.05) is 11.6 Å². The minimum Gasteiger partial charge on any atom is -1.00 e. The lowest BCUT2D eigenvalue weighted by molar-refractivity contribution is -0.0000121. The van der Waals surface area contributed by atoms with Crippen molar-refractivity contribution in [3.8, 4) is 0 Å². The number of diazo groups is 1. The van der Waals surface area contributed by atoms with Crippen LogP contribution in [0.1, 0.15) is 5.56 Å². The molecule has 0 atom stereocenters. The number of benzene rings is 1. The summed E-state index contributed by atoms with van der Waals surface area (Å²) in [5, 5.41) is 8.04. The van der Waals surface area contributed by atoms with E-state index in [1.54, 1.807) is 0 Å². The minimum atomic E-state index is -5.08. The molecule has 0 bridgehead atoms. The van der Waals surface area contributed by atoms with Crippen LogP contribution < -0.4 is 12.4 Å². The summed E-state index contributed by atoms with van der Waals surface area (Å²) in [7, 11) is -10.1. The molecule has 0 unspecified atom stereocenters. The van der Waals surface area contributed by atoms with Crippen LogP contribution in [0.2, 0.25) is 5.02 Å². The molecule has 0 aliphatic heterocycles. The van der Waals surface area contributed by atoms with Gasteiger partial charge >= 0.3 is 15.8 Å². The second kappa shape index (κ2) is 5.58. The third-order valence-electron chi connectivity index (χ3n) is 1.97. The van der Waals surface area contributed by atoms with Gasteiger partial charge in [0.2, 0.25) is 10.3 Å². The van der Waals surface area contributed by atoms with E-state index in [2.05, 4.69) is 4.98 Å². The number of aryl methyl sites for hydroxylation is 1. The maximum atomic E-state index is 11.1. The molecule has 19 heavy (non-hydrogen) atoms. The molecule has 1 aromatic carbocycles. The third-order valence-corrected chi connectivity index (χ3v) is 4.36. The van der Waals surface area contributed by atoms with Gasteiger partial charge in [0, 0.05) is 5.56 Å². The lowest BCUT2D eigenvalue weighted by Crippen LogP contribution is -3.00. The van der Waals surface area contributed by atoms with Crippen LogP contribution in [-0.4, -0.2) is 25.9 Å². The summed E-state index contributed by atoms with van der Waals surface area (Å²) < 4.78 is 62.3. The van der Waals surface area contributed by atoms with Gasteiger partial charge in [-0.15, -0.1) is 0 Å². The molecule has 0 heterocycles. The number of hydrogen-bond acceptors (Lipinski definition) is 5. The zero-order valence-corrected chi connectivity index (χ0v) is 12.2. The molecule has 0 fully saturated rings. The molecule has 0 aliphatic rings. The monoisotopic (exact) mass is 348 g/mol. The molecule has 0 amide bonds. The van der Waals surface area contributed by atoms with Crippen molar-refractivity contribution >= 4 is 37.5 Å². The molecule has 1 aromatic rings. The summed E-state index contributed by atoms with van der Waals surface area (Å²) in [6, 6.07) is 0.967. The zero-order valence-electron chi connectivity index (χ0n) is 9.07. The first-order valence-corrected chi connectivity index (χ1v) is 7.39. The standard InChI is InChI=1S/C7H5ClN2O6S2.ClH/c1-3-2-4(8)6(17(11,12)13)7(5(3)10-9)18(14,15)16;/h2H,1H3,(H-,11,12,13,14,15,16);1H. The van der Waals surface area contributed by atoms with Crippen LogP contribution in [0.25, 0.3) is 4.98 Å². The van der Waals surface area contributed by atoms with E-state index in [4.69, 9.17) is 26.1 Å². The van der Waals surface area contributed by atoms with Gasteiger partial charge < -0.3 is 12.4 Å². The van der Waals surface area contributed by atoms with Crippen molar-refractivity contribution in [2.75, 3.05) is 0 Å². The highest BCUT2D eigenvalue weighted by Crippen LogP contribution is 2.38. The average Bonchev–Trinajstić information content (AvgIpc) is 2.12. The molecule has 0 saturated heterocycles. The first kappa shape index (κ1) is 18.0. The second-order valence-electron chi connectivity index (χ2n) is 3.23. The summed E-state index contributed by atoms with van der Waals surface area (Å²) in [5.74, 6) is 0. The molecule has 12 heteroatoms. The Morgan fingerprint density at radius 3 is 1.89 bits per heavy atom. The highest BCUT2D eigenvalue weighted by atomic mass is 35.5. The molecule has 0 aromatic heterocycles. The van der Waals surface area contributed by atoms with Gasteiger partial charge in [0.25, 0.3) is 10.1 Å². The van der Waals surface area contributed by atoms with E-state index in [0.29, 0.717) is 0 Å². The highest BCUT2D eigenvalue weighted by molar-refractivity contribution is 7.89. The normalized spacial score (nSPS) is 11.5. The SMILES string of the molecule is Cc1cc(Cl)c(S(=O)(=O)O)c(S(=O)(=O)O)c1[N+]#N.[Cl-]. The Kier molecular flexibility index (Phi) is 5.29. The molecule has 1 rings (SSSR count). The van der Waals surface area contributed by atoms with Crippen LogP contribution in [0.15, 0.2) is 15.9 Å². The maximum absolute atomic E-state index is 11.1. The van der Waals surface area contributed by atoms with E-state index < -0.39 is 40.7 Å². The molecule has 0 radical (unpaired) electrons. The van der Waals surface area contributed by atoms with Gasteiger partial charge in [-0.3, -0.25) is 9.11 Å². The summed E-state index contributed by atoms with van der Waals surface area (Å²) in [6.07, 6.45) is 0. The van der Waals surface area contributed by atoms with E-state index in [1.807, 2.05) is 0 Å². The van der Waals surface area contributed by atoms with Crippen molar-refractivity contribution in [3.05, 3.63) is 21.6 Å². The Morgan fingerprint density at radius 1 is 1.16 bits per heavy atom. The van der Waals surface area contributed by atoms with E-state index in [1.165, 1.54) is 6.92 Å². The van der Waals surface area contributed by atoms with Crippen LogP contribution in [0, 0.1) is 12.3 Å². The van der Waals surface area contributed by atoms with Crippen LogP contribution in [0.3, 0.4) is 0 Å². The molecule has 8 nitrogen and oxygen atoms in total. The Labute approximate surface area is 119 Å². The number of hydrogen-bond donors (Lipinski definition) is 2. The highest BCUT2D eigenvalue weighted by Gasteiger charge is 2.38. The summed E-state index contributed by atoms with van der Waals surface area (Å²) in [4.78, 5) is 0.0530. The molecule has 0 saturated carbocycles. The second-order valence-corrected chi connectivity index (χ2v) is 6.36. The summed E-state index contributed by atoms with van der Waals surface area (Å²) >= 11 is 5.52. The molecular formula is C7H6Cl2N2O6S2. The maximum Gasteiger partial charge on any atom is 0.410 e. The predicted molar refractivity (Wildman–Crippen MR) is 60.6 cm³/mol. The Bertz CT molecular complexity index is 766. The lowest BCUT2D eigenvalue weighted by Gasteiger charge is -2.05. The van der Waals surface area contributed by atoms with E-state index in [0.717, 1.165) is 6.07 Å². The van der Waals surface area contributed by atoms with Gasteiger partial charge in [-0.25, -0.2) is 0 Å². The predicted octanol–water partition coefficient (Wildman–Crippen LogP) is -1.37. The largest absolute Gasteiger partial charge is 1.00 e. The molecule has 0 spiro atoms. The van der Waals surface area contributed by atoms with Crippen LogP contribution in [-0.2, 0) is 20.2 Å². The molecule has 0 aliphatic carbocycles. The van der Waals surface area contributed by atoms with Crippen LogP contribution in [0.4, 0.5) is 5.69 Å². The number of rotatable bonds is 2. The van der Waals surface area contributed by atoms with Crippen molar-refractivity contribution in [1.29, 1.82) is 5.39 Å². The number of halogens is 2. The van der Waals surface area contributed by atoms with Gasteiger partial charge in [0.05, 0.1) is 5.02 Å². The van der Waals surface area contributed by atoms with Crippen LogP contribution >= 0.6 is 11.6 Å². The van der Waals surface area contributed by atoms with Crippen molar-refractivity contribution in [2.24, 2.45) is 0 Å². The van der Waals surface area contributed by atoms with Crippen molar-refractivity contribution in [2.45, 2.75) is 16.7 Å². The van der Waals surface area contributed by atoms with E-state index in [9.17, 15) is 16.8 Å². The fourth-order valence-electron chi connectivity index (χ4n) is 1.32. The minimum absolute atomic E-state index is 0. The van der Waals surface area contributed by atoms with Gasteiger partial charge in [0.1, 0.15) is 4.90 Å². The summed E-state index contributed by atoms with van der Waals surface area (Å²) in [5.41, 5.74) is -0.739. The topological polar surface area (TPSA) is 137 Å². The Morgan fingerprint density at radius 2 is 1.58 bits per heavy atom. The first-order valence-electron chi connectivity index (χ1n) is 4.13. The summed E-state index contributed by atoms with van der Waals surface area (Å²) in [6.45, 7) is 1.27. The van der Waals surface area contributed by atoms with E-state index >= 15 is 0 Å². The van der Waals surface area contributed by atoms with Gasteiger partial charge in [-0.2, -0.15) is 16.8 Å². The molecule has 2 N–H and O–H groups in total. The van der Waals surface area contributed by atoms with Crippen molar-refractivity contribution in [1.82, 2.24) is 0 Å². The molecule has 106 valence electrons. The fourth-order valence-corrected chi connectivity index (χ4v) is 3.99. The Hall–Kier alpha value is -0.960. The fraction of sp³-hybridized carbons (Fsp3) is 0.143. The smallest absolute Gasteiger partial charge is 0.410 e. The molecular weight excluding hydrogens is 343 g/mol. The Balaban J connectivity index is 0.00000324. The average molecular weight is 349 g/mol. The lowest BCUT2D eigenvalue weighted by atomic mass is 10.2. The zero-order chi connectivity index (χ0) is 14.3. The number of nitrogens with zero attached hydrogens (tertiary/aromatic N) is 2. The van der Waals surface area contributed by atoms with E-state index in [-0.39, 0.29) is 18.0 Å².